The SMILES string of the molecule is CCCCN(CCCC)c1cccc(CCCc2ccc3c(c2)Nc2c(cccc2C(=O)O)O3)c1. The molecule has 3 aromatic carbocycles. The van der Waals surface area contributed by atoms with Crippen molar-refractivity contribution in [3.05, 3.63) is 77.4 Å². The van der Waals surface area contributed by atoms with Crippen LogP contribution in [0.5, 0.6) is 11.5 Å². The highest BCUT2D eigenvalue weighted by molar-refractivity contribution is 5.98. The van der Waals surface area contributed by atoms with E-state index < -0.39 is 5.97 Å². The molecular weight excluding hydrogens is 436 g/mol. The lowest BCUT2D eigenvalue weighted by molar-refractivity contribution is 0.0697. The average molecular weight is 473 g/mol. The lowest BCUT2D eigenvalue weighted by Crippen LogP contribution is -2.25. The van der Waals surface area contributed by atoms with Gasteiger partial charge in [0.1, 0.15) is 0 Å². The number of carboxylic acids is 1. The third kappa shape index (κ3) is 6.16. The number of hydrogen-bond acceptors (Lipinski definition) is 4. The summed E-state index contributed by atoms with van der Waals surface area (Å²) in [6, 6.07) is 20.2. The minimum atomic E-state index is -0.970. The van der Waals surface area contributed by atoms with Crippen molar-refractivity contribution in [1.82, 2.24) is 0 Å². The zero-order valence-electron chi connectivity index (χ0n) is 20.8. The van der Waals surface area contributed by atoms with E-state index in [1.807, 2.05) is 6.07 Å². The molecule has 0 aliphatic carbocycles. The number of rotatable bonds is 12. The molecule has 0 amide bonds. The van der Waals surface area contributed by atoms with Crippen LogP contribution >= 0.6 is 0 Å². The van der Waals surface area contributed by atoms with E-state index in [1.165, 1.54) is 42.5 Å². The zero-order chi connectivity index (χ0) is 24.6. The number of benzene rings is 3. The van der Waals surface area contributed by atoms with E-state index in [1.54, 1.807) is 18.2 Å². The lowest BCUT2D eigenvalue weighted by Gasteiger charge is -2.25. The van der Waals surface area contributed by atoms with Gasteiger partial charge in [0.15, 0.2) is 11.5 Å². The molecule has 1 aliphatic rings. The number of fused-ring (bicyclic) bond motifs is 2. The fourth-order valence-corrected chi connectivity index (χ4v) is 4.57. The maximum Gasteiger partial charge on any atom is 0.337 e. The van der Waals surface area contributed by atoms with Gasteiger partial charge in [0.25, 0.3) is 0 Å². The normalized spacial score (nSPS) is 11.7. The number of carbonyl (C=O) groups is 1. The maximum absolute atomic E-state index is 11.6. The molecule has 4 rings (SSSR count). The Morgan fingerprint density at radius 1 is 0.857 bits per heavy atom. The van der Waals surface area contributed by atoms with Gasteiger partial charge in [-0.05, 0) is 79.6 Å². The van der Waals surface area contributed by atoms with Crippen LogP contribution in [0.2, 0.25) is 0 Å². The number of anilines is 3. The van der Waals surface area contributed by atoms with Gasteiger partial charge in [-0.25, -0.2) is 4.79 Å². The van der Waals surface area contributed by atoms with Gasteiger partial charge in [-0.15, -0.1) is 0 Å². The molecule has 3 aromatic rings. The van der Waals surface area contributed by atoms with E-state index in [0.717, 1.165) is 43.8 Å². The Morgan fingerprint density at radius 2 is 1.57 bits per heavy atom. The van der Waals surface area contributed by atoms with Crippen molar-refractivity contribution in [1.29, 1.82) is 0 Å². The number of aryl methyl sites for hydroxylation is 2. The van der Waals surface area contributed by atoms with Crippen molar-refractivity contribution in [3.63, 3.8) is 0 Å². The molecule has 35 heavy (non-hydrogen) atoms. The summed E-state index contributed by atoms with van der Waals surface area (Å²) in [6.45, 7) is 6.75. The van der Waals surface area contributed by atoms with Gasteiger partial charge in [0, 0.05) is 18.8 Å². The number of hydrogen-bond donors (Lipinski definition) is 2. The van der Waals surface area contributed by atoms with Crippen molar-refractivity contribution in [2.75, 3.05) is 23.3 Å². The van der Waals surface area contributed by atoms with Crippen LogP contribution in [0, 0.1) is 0 Å². The number of unbranched alkanes of at least 4 members (excludes halogenated alkanes) is 2. The molecule has 5 heteroatoms. The van der Waals surface area contributed by atoms with E-state index >= 15 is 0 Å². The molecule has 0 fully saturated rings. The largest absolute Gasteiger partial charge is 0.478 e. The third-order valence-electron chi connectivity index (χ3n) is 6.55. The van der Waals surface area contributed by atoms with Crippen LogP contribution < -0.4 is 15.0 Å². The molecule has 0 bridgehead atoms. The third-order valence-corrected chi connectivity index (χ3v) is 6.55. The number of nitrogens with zero attached hydrogens (tertiary/aromatic N) is 1. The number of nitrogens with one attached hydrogen (secondary N) is 1. The van der Waals surface area contributed by atoms with Gasteiger partial charge in [-0.3, -0.25) is 0 Å². The summed E-state index contributed by atoms with van der Waals surface area (Å²) < 4.78 is 5.96. The Bertz CT molecular complexity index is 1150. The van der Waals surface area contributed by atoms with Gasteiger partial charge in [-0.1, -0.05) is 51.0 Å². The summed E-state index contributed by atoms with van der Waals surface area (Å²) in [4.78, 5) is 14.1. The van der Waals surface area contributed by atoms with E-state index in [9.17, 15) is 9.90 Å². The second-order valence-electron chi connectivity index (χ2n) is 9.26. The highest BCUT2D eigenvalue weighted by Gasteiger charge is 2.22. The second-order valence-corrected chi connectivity index (χ2v) is 9.26. The van der Waals surface area contributed by atoms with Crippen LogP contribution in [-0.2, 0) is 12.8 Å². The van der Waals surface area contributed by atoms with Crippen LogP contribution in [0.4, 0.5) is 17.1 Å². The minimum absolute atomic E-state index is 0.213. The summed E-state index contributed by atoms with van der Waals surface area (Å²) in [6.07, 6.45) is 7.89. The first-order valence-electron chi connectivity index (χ1n) is 12.9. The highest BCUT2D eigenvalue weighted by Crippen LogP contribution is 2.43. The topological polar surface area (TPSA) is 61.8 Å². The molecule has 0 saturated carbocycles. The minimum Gasteiger partial charge on any atom is -0.478 e. The number of ether oxygens (including phenoxy) is 1. The zero-order valence-corrected chi connectivity index (χ0v) is 20.8. The predicted octanol–water partition coefficient (Wildman–Crippen LogP) is 7.82. The summed E-state index contributed by atoms with van der Waals surface area (Å²) >= 11 is 0. The van der Waals surface area contributed by atoms with E-state index in [0.29, 0.717) is 11.4 Å². The Kier molecular flexibility index (Phi) is 8.30. The average Bonchev–Trinajstić information content (AvgIpc) is 2.87. The van der Waals surface area contributed by atoms with Crippen molar-refractivity contribution in [2.45, 2.75) is 58.8 Å². The molecule has 5 nitrogen and oxygen atoms in total. The smallest absolute Gasteiger partial charge is 0.337 e. The molecule has 0 radical (unpaired) electrons. The van der Waals surface area contributed by atoms with Crippen LogP contribution in [0.3, 0.4) is 0 Å². The molecule has 0 saturated heterocycles. The van der Waals surface area contributed by atoms with Crippen molar-refractivity contribution in [2.24, 2.45) is 0 Å². The van der Waals surface area contributed by atoms with E-state index in [-0.39, 0.29) is 5.56 Å². The lowest BCUT2D eigenvalue weighted by atomic mass is 10.0. The van der Waals surface area contributed by atoms with E-state index in [2.05, 4.69) is 60.5 Å². The molecule has 2 N–H and O–H groups in total. The van der Waals surface area contributed by atoms with Crippen molar-refractivity contribution < 1.29 is 14.6 Å². The van der Waals surface area contributed by atoms with Gasteiger partial charge >= 0.3 is 5.97 Å². The number of para-hydroxylation sites is 1. The summed E-state index contributed by atoms with van der Waals surface area (Å²) in [7, 11) is 0. The Labute approximate surface area is 208 Å². The second kappa shape index (κ2) is 11.8. The summed E-state index contributed by atoms with van der Waals surface area (Å²) in [5.41, 5.74) is 5.46. The highest BCUT2D eigenvalue weighted by atomic mass is 16.5. The van der Waals surface area contributed by atoms with Crippen LogP contribution in [0.1, 0.15) is 67.4 Å². The molecule has 1 heterocycles. The van der Waals surface area contributed by atoms with Crippen molar-refractivity contribution >= 4 is 23.0 Å². The number of carboxylic acid groups (broad SMARTS) is 1. The fourth-order valence-electron chi connectivity index (χ4n) is 4.57. The van der Waals surface area contributed by atoms with Gasteiger partial charge in [-0.2, -0.15) is 0 Å². The monoisotopic (exact) mass is 472 g/mol. The van der Waals surface area contributed by atoms with Gasteiger partial charge in [0.05, 0.1) is 16.9 Å². The van der Waals surface area contributed by atoms with Crippen molar-refractivity contribution in [3.8, 4) is 11.5 Å². The first-order valence-corrected chi connectivity index (χ1v) is 12.9. The number of aromatic carboxylic acids is 1. The standard InChI is InChI=1S/C30H36N2O3/c1-3-5-18-32(19-6-4-2)24-13-8-12-22(20-24)10-7-11-23-16-17-27-26(21-23)31-29-25(30(33)34)14-9-15-28(29)35-27/h8-9,12-17,20-21,31H,3-7,10-11,18-19H2,1-2H3,(H,33,34). The summed E-state index contributed by atoms with van der Waals surface area (Å²) in [5, 5.41) is 12.8. The van der Waals surface area contributed by atoms with Crippen LogP contribution in [0.25, 0.3) is 0 Å². The Morgan fingerprint density at radius 3 is 2.29 bits per heavy atom. The molecule has 0 aromatic heterocycles. The van der Waals surface area contributed by atoms with Crippen LogP contribution in [-0.4, -0.2) is 24.2 Å². The van der Waals surface area contributed by atoms with Gasteiger partial charge in [0.2, 0.25) is 0 Å². The first kappa shape index (κ1) is 24.6. The molecule has 1 aliphatic heterocycles. The maximum atomic E-state index is 11.6. The molecular formula is C30H36N2O3. The Balaban J connectivity index is 1.39. The predicted molar refractivity (Wildman–Crippen MR) is 144 cm³/mol. The fraction of sp³-hybridized carbons (Fsp3) is 0.367. The Hall–Kier alpha value is -3.47. The van der Waals surface area contributed by atoms with Crippen LogP contribution in [0.15, 0.2) is 60.7 Å². The molecule has 0 unspecified atom stereocenters. The van der Waals surface area contributed by atoms with E-state index in [4.69, 9.17) is 4.74 Å². The first-order chi connectivity index (χ1) is 17.1. The quantitative estimate of drug-likeness (QED) is 0.220. The summed E-state index contributed by atoms with van der Waals surface area (Å²) in [5.74, 6) is 0.287. The van der Waals surface area contributed by atoms with Gasteiger partial charge < -0.3 is 20.1 Å². The molecule has 0 spiro atoms. The molecule has 184 valence electrons. The molecule has 0 atom stereocenters.